The molecule has 1 aromatic rings. The molecule has 0 bridgehead atoms. The van der Waals surface area contributed by atoms with Gasteiger partial charge in [0.05, 0.1) is 13.0 Å². The molecule has 21 heavy (non-hydrogen) atoms. The Morgan fingerprint density at radius 1 is 1.33 bits per heavy atom. The van der Waals surface area contributed by atoms with Crippen molar-refractivity contribution in [2.45, 2.75) is 19.9 Å². The summed E-state index contributed by atoms with van der Waals surface area (Å²) in [6.45, 7) is 4.53. The van der Waals surface area contributed by atoms with Gasteiger partial charge in [-0.25, -0.2) is 4.79 Å². The number of methoxy groups -OCH3 is 1. The molecule has 6 nitrogen and oxygen atoms in total. The number of nitrogens with zero attached hydrogens (tertiary/aromatic N) is 2. The number of carbonyl (C=O) groups is 2. The van der Waals surface area contributed by atoms with Gasteiger partial charge in [-0.05, 0) is 24.5 Å². The molecule has 0 saturated carbocycles. The van der Waals surface area contributed by atoms with Crippen molar-refractivity contribution in [2.75, 3.05) is 26.7 Å². The van der Waals surface area contributed by atoms with Crippen LogP contribution in [0.15, 0.2) is 24.5 Å². The Morgan fingerprint density at radius 3 is 2.67 bits per heavy atom. The fourth-order valence-electron chi connectivity index (χ4n) is 2.75. The van der Waals surface area contributed by atoms with Crippen molar-refractivity contribution < 1.29 is 14.3 Å². The van der Waals surface area contributed by atoms with Crippen molar-refractivity contribution in [3.63, 3.8) is 0 Å². The Labute approximate surface area is 125 Å². The molecule has 116 valence electrons. The summed E-state index contributed by atoms with van der Waals surface area (Å²) in [6, 6.07) is 3.86. The van der Waals surface area contributed by atoms with Gasteiger partial charge in [-0.15, -0.1) is 0 Å². The number of aromatic nitrogens is 1. The fraction of sp³-hybridized carbons (Fsp3) is 0.600. The SMILES string of the molecule is COC(=O)C1CCN(C(=O)NCCn2cccc2)CC1C. The lowest BCUT2D eigenvalue weighted by atomic mass is 9.87. The van der Waals surface area contributed by atoms with Gasteiger partial charge >= 0.3 is 12.0 Å². The number of carbonyl (C=O) groups excluding carboxylic acids is 2. The number of nitrogens with one attached hydrogen (secondary N) is 1. The van der Waals surface area contributed by atoms with E-state index in [4.69, 9.17) is 4.74 Å². The fourth-order valence-corrected chi connectivity index (χ4v) is 2.75. The molecule has 1 fully saturated rings. The summed E-state index contributed by atoms with van der Waals surface area (Å²) >= 11 is 0. The second kappa shape index (κ2) is 7.15. The Morgan fingerprint density at radius 2 is 2.05 bits per heavy atom. The molecule has 2 heterocycles. The van der Waals surface area contributed by atoms with E-state index in [-0.39, 0.29) is 23.8 Å². The zero-order valence-electron chi connectivity index (χ0n) is 12.6. The number of urea groups is 1. The number of likely N-dealkylation sites (tertiary alicyclic amines) is 1. The molecule has 0 aromatic carbocycles. The zero-order chi connectivity index (χ0) is 15.2. The summed E-state index contributed by atoms with van der Waals surface area (Å²) in [5.41, 5.74) is 0. The number of rotatable bonds is 4. The third-order valence-electron chi connectivity index (χ3n) is 4.01. The number of esters is 1. The number of hydrogen-bond acceptors (Lipinski definition) is 3. The van der Waals surface area contributed by atoms with Crippen LogP contribution in [0.25, 0.3) is 0 Å². The van der Waals surface area contributed by atoms with E-state index in [1.54, 1.807) is 4.90 Å². The molecule has 1 aromatic heterocycles. The van der Waals surface area contributed by atoms with Crippen LogP contribution < -0.4 is 5.32 Å². The first-order valence-electron chi connectivity index (χ1n) is 7.33. The monoisotopic (exact) mass is 293 g/mol. The quantitative estimate of drug-likeness (QED) is 0.852. The zero-order valence-corrected chi connectivity index (χ0v) is 12.6. The number of ether oxygens (including phenoxy) is 1. The third-order valence-corrected chi connectivity index (χ3v) is 4.01. The molecule has 0 aliphatic carbocycles. The summed E-state index contributed by atoms with van der Waals surface area (Å²) in [7, 11) is 1.41. The van der Waals surface area contributed by atoms with Crippen molar-refractivity contribution >= 4 is 12.0 Å². The van der Waals surface area contributed by atoms with Crippen LogP contribution in [-0.2, 0) is 16.1 Å². The maximum absolute atomic E-state index is 12.1. The maximum Gasteiger partial charge on any atom is 0.317 e. The lowest BCUT2D eigenvalue weighted by molar-refractivity contribution is -0.148. The topological polar surface area (TPSA) is 63.6 Å². The average molecular weight is 293 g/mol. The van der Waals surface area contributed by atoms with Crippen molar-refractivity contribution in [2.24, 2.45) is 11.8 Å². The van der Waals surface area contributed by atoms with Gasteiger partial charge in [0.15, 0.2) is 0 Å². The van der Waals surface area contributed by atoms with Gasteiger partial charge in [-0.3, -0.25) is 4.79 Å². The predicted molar refractivity (Wildman–Crippen MR) is 78.7 cm³/mol. The first-order chi connectivity index (χ1) is 10.1. The van der Waals surface area contributed by atoms with Gasteiger partial charge in [0.1, 0.15) is 0 Å². The van der Waals surface area contributed by atoms with E-state index in [1.165, 1.54) is 7.11 Å². The maximum atomic E-state index is 12.1. The molecule has 0 radical (unpaired) electrons. The molecule has 1 aliphatic heterocycles. The Balaban J connectivity index is 1.75. The molecule has 2 amide bonds. The van der Waals surface area contributed by atoms with Gasteiger partial charge < -0.3 is 19.5 Å². The van der Waals surface area contributed by atoms with E-state index < -0.39 is 0 Å². The normalized spacial score (nSPS) is 21.9. The minimum atomic E-state index is -0.171. The summed E-state index contributed by atoms with van der Waals surface area (Å²) in [5, 5.41) is 2.92. The smallest absolute Gasteiger partial charge is 0.317 e. The highest BCUT2D eigenvalue weighted by Gasteiger charge is 2.33. The lowest BCUT2D eigenvalue weighted by Crippen LogP contribution is -2.49. The van der Waals surface area contributed by atoms with Crippen molar-refractivity contribution in [1.82, 2.24) is 14.8 Å². The van der Waals surface area contributed by atoms with E-state index >= 15 is 0 Å². The van der Waals surface area contributed by atoms with E-state index in [0.29, 0.717) is 26.1 Å². The molecular formula is C15H23N3O3. The second-order valence-corrected chi connectivity index (χ2v) is 5.49. The van der Waals surface area contributed by atoms with Crippen LogP contribution in [0.3, 0.4) is 0 Å². The molecule has 1 N–H and O–H groups in total. The summed E-state index contributed by atoms with van der Waals surface area (Å²) < 4.78 is 6.82. The molecule has 0 spiro atoms. The standard InChI is InChI=1S/C15H23N3O3/c1-12-11-18(9-5-13(12)14(19)21-2)15(20)16-6-10-17-7-3-4-8-17/h3-4,7-8,12-13H,5-6,9-11H2,1-2H3,(H,16,20). The molecule has 1 saturated heterocycles. The van der Waals surface area contributed by atoms with Gasteiger partial charge in [-0.1, -0.05) is 6.92 Å². The number of hydrogen-bond donors (Lipinski definition) is 1. The van der Waals surface area contributed by atoms with Crippen LogP contribution in [0.5, 0.6) is 0 Å². The van der Waals surface area contributed by atoms with Crippen LogP contribution >= 0.6 is 0 Å². The van der Waals surface area contributed by atoms with Crippen LogP contribution in [0, 0.1) is 11.8 Å². The summed E-state index contributed by atoms with van der Waals surface area (Å²) in [4.78, 5) is 25.5. The molecule has 2 unspecified atom stereocenters. The molecular weight excluding hydrogens is 270 g/mol. The lowest BCUT2D eigenvalue weighted by Gasteiger charge is -2.35. The van der Waals surface area contributed by atoms with Crippen LogP contribution in [-0.4, -0.2) is 48.2 Å². The highest BCUT2D eigenvalue weighted by atomic mass is 16.5. The highest BCUT2D eigenvalue weighted by Crippen LogP contribution is 2.24. The number of amides is 2. The van der Waals surface area contributed by atoms with Gasteiger partial charge in [0, 0.05) is 38.6 Å². The molecule has 2 atom stereocenters. The third kappa shape index (κ3) is 4.00. The first-order valence-corrected chi connectivity index (χ1v) is 7.33. The Kier molecular flexibility index (Phi) is 5.25. The minimum absolute atomic E-state index is 0.0580. The predicted octanol–water partition coefficient (Wildman–Crippen LogP) is 1.33. The Hall–Kier alpha value is -1.98. The van der Waals surface area contributed by atoms with E-state index in [0.717, 1.165) is 6.54 Å². The molecule has 2 rings (SSSR count). The van der Waals surface area contributed by atoms with Crippen molar-refractivity contribution in [1.29, 1.82) is 0 Å². The largest absolute Gasteiger partial charge is 0.469 e. The van der Waals surface area contributed by atoms with Gasteiger partial charge in [0.2, 0.25) is 0 Å². The summed E-state index contributed by atoms with van der Waals surface area (Å²) in [5.74, 6) is -0.143. The van der Waals surface area contributed by atoms with Gasteiger partial charge in [0.25, 0.3) is 0 Å². The first kappa shape index (κ1) is 15.4. The summed E-state index contributed by atoms with van der Waals surface area (Å²) in [6.07, 6.45) is 4.60. The second-order valence-electron chi connectivity index (χ2n) is 5.49. The van der Waals surface area contributed by atoms with Crippen molar-refractivity contribution in [3.05, 3.63) is 24.5 Å². The molecule has 6 heteroatoms. The molecule has 1 aliphatic rings. The average Bonchev–Trinajstić information content (AvgIpc) is 2.99. The van der Waals surface area contributed by atoms with E-state index in [2.05, 4.69) is 5.32 Å². The highest BCUT2D eigenvalue weighted by molar-refractivity contribution is 5.76. The Bertz CT molecular complexity index is 473. The van der Waals surface area contributed by atoms with Crippen LogP contribution in [0.1, 0.15) is 13.3 Å². The van der Waals surface area contributed by atoms with E-state index in [9.17, 15) is 9.59 Å². The van der Waals surface area contributed by atoms with Gasteiger partial charge in [-0.2, -0.15) is 0 Å². The van der Waals surface area contributed by atoms with Crippen molar-refractivity contribution in [3.8, 4) is 0 Å². The van der Waals surface area contributed by atoms with Crippen LogP contribution in [0.2, 0.25) is 0 Å². The van der Waals surface area contributed by atoms with E-state index in [1.807, 2.05) is 36.0 Å². The number of piperidine rings is 1. The van der Waals surface area contributed by atoms with Crippen LogP contribution in [0.4, 0.5) is 4.79 Å². The minimum Gasteiger partial charge on any atom is -0.469 e.